The molecule has 0 aliphatic heterocycles. The molecule has 0 fully saturated rings. The van der Waals surface area contributed by atoms with E-state index < -0.39 is 23.2 Å². The van der Waals surface area contributed by atoms with Gasteiger partial charge in [-0.25, -0.2) is 0 Å². The summed E-state index contributed by atoms with van der Waals surface area (Å²) in [6.45, 7) is 3.34. The van der Waals surface area contributed by atoms with E-state index in [4.69, 9.17) is 5.11 Å². The lowest BCUT2D eigenvalue weighted by molar-refractivity contribution is -0.148. The molecule has 0 unspecified atom stereocenters. The van der Waals surface area contributed by atoms with Crippen molar-refractivity contribution in [3.63, 3.8) is 0 Å². The van der Waals surface area contributed by atoms with Crippen LogP contribution in [0.5, 0.6) is 0 Å². The number of carboxylic acid groups (broad SMARTS) is 1. The van der Waals surface area contributed by atoms with Gasteiger partial charge in [0.2, 0.25) is 0 Å². The van der Waals surface area contributed by atoms with Crippen molar-refractivity contribution in [1.29, 1.82) is 0 Å². The van der Waals surface area contributed by atoms with Gasteiger partial charge in [-0.2, -0.15) is 13.2 Å². The number of aliphatic carboxylic acids is 1. The van der Waals surface area contributed by atoms with E-state index in [0.29, 0.717) is 5.56 Å². The zero-order valence-electron chi connectivity index (χ0n) is 11.0. The largest absolute Gasteiger partial charge is 0.480 e. The molecule has 0 aliphatic rings. The molecule has 1 aromatic rings. The predicted molar refractivity (Wildman–Crippen MR) is 64.6 cm³/mol. The fraction of sp³-hybridized carbons (Fsp3) is 0.462. The quantitative estimate of drug-likeness (QED) is 0.918. The minimum absolute atomic E-state index is 0.261. The number of hydrogen-bond acceptors (Lipinski definition) is 2. The average Bonchev–Trinajstić information content (AvgIpc) is 2.28. The van der Waals surface area contributed by atoms with E-state index in [9.17, 15) is 18.0 Å². The summed E-state index contributed by atoms with van der Waals surface area (Å²) in [5.41, 5.74) is -1.16. The maximum atomic E-state index is 12.4. The normalized spacial score (nSPS) is 12.8. The first-order valence-electron chi connectivity index (χ1n) is 5.66. The highest BCUT2D eigenvalue weighted by Gasteiger charge is 2.32. The second kappa shape index (κ2) is 5.21. The molecule has 1 rings (SSSR count). The Balaban J connectivity index is 2.82. The number of likely N-dealkylation sites (N-methyl/N-ethyl adjacent to an activating group) is 1. The minimum Gasteiger partial charge on any atom is -0.480 e. The summed E-state index contributed by atoms with van der Waals surface area (Å²) in [6, 6.07) is 4.71. The molecule has 0 saturated carbocycles. The summed E-state index contributed by atoms with van der Waals surface area (Å²) in [5, 5.41) is 9.05. The van der Waals surface area contributed by atoms with Crippen LogP contribution in [0.3, 0.4) is 0 Å². The molecule has 1 N–H and O–H groups in total. The summed E-state index contributed by atoms with van der Waals surface area (Å²) in [4.78, 5) is 12.6. The number of halogens is 3. The van der Waals surface area contributed by atoms with Gasteiger partial charge in [0, 0.05) is 6.54 Å². The van der Waals surface area contributed by atoms with Gasteiger partial charge in [0.05, 0.1) is 5.56 Å². The average molecular weight is 275 g/mol. The number of hydrogen-bond donors (Lipinski definition) is 1. The van der Waals surface area contributed by atoms with Crippen LogP contribution in [0.25, 0.3) is 0 Å². The number of rotatable bonds is 4. The van der Waals surface area contributed by atoms with Gasteiger partial charge < -0.3 is 5.11 Å². The van der Waals surface area contributed by atoms with Crippen LogP contribution in [-0.2, 0) is 17.5 Å². The van der Waals surface area contributed by atoms with E-state index in [1.807, 2.05) is 0 Å². The molecule has 0 spiro atoms. The Bertz CT molecular complexity index is 452. The lowest BCUT2D eigenvalue weighted by atomic mass is 10.0. The standard InChI is InChI=1S/C13H16F3NO2/c1-12(2,11(18)19)17(3)8-9-4-6-10(7-5-9)13(14,15)16/h4-7H,8H2,1-3H3,(H,18,19). The van der Waals surface area contributed by atoms with Crippen LogP contribution in [0.1, 0.15) is 25.0 Å². The van der Waals surface area contributed by atoms with Gasteiger partial charge in [-0.05, 0) is 38.6 Å². The Morgan fingerprint density at radius 2 is 1.68 bits per heavy atom. The highest BCUT2D eigenvalue weighted by molar-refractivity contribution is 5.77. The van der Waals surface area contributed by atoms with Gasteiger partial charge in [0.25, 0.3) is 0 Å². The summed E-state index contributed by atoms with van der Waals surface area (Å²) in [6.07, 6.45) is -4.36. The number of carboxylic acids is 1. The maximum absolute atomic E-state index is 12.4. The lowest BCUT2D eigenvalue weighted by Crippen LogP contribution is -2.47. The van der Waals surface area contributed by atoms with Crippen LogP contribution >= 0.6 is 0 Å². The van der Waals surface area contributed by atoms with Crippen LogP contribution in [0, 0.1) is 0 Å². The number of carbonyl (C=O) groups is 1. The van der Waals surface area contributed by atoms with Crippen molar-refractivity contribution in [2.45, 2.75) is 32.1 Å². The Morgan fingerprint density at radius 1 is 1.21 bits per heavy atom. The van der Waals surface area contributed by atoms with Crippen molar-refractivity contribution in [3.8, 4) is 0 Å². The van der Waals surface area contributed by atoms with Crippen molar-refractivity contribution in [1.82, 2.24) is 4.90 Å². The molecule has 6 heteroatoms. The summed E-state index contributed by atoms with van der Waals surface area (Å²) in [5.74, 6) is -0.984. The van der Waals surface area contributed by atoms with Gasteiger partial charge in [-0.3, -0.25) is 9.69 Å². The highest BCUT2D eigenvalue weighted by atomic mass is 19.4. The molecule has 3 nitrogen and oxygen atoms in total. The summed E-state index contributed by atoms with van der Waals surface area (Å²) in [7, 11) is 1.62. The number of benzene rings is 1. The second-order valence-corrected chi connectivity index (χ2v) is 4.91. The van der Waals surface area contributed by atoms with Gasteiger partial charge in [0.15, 0.2) is 0 Å². The van der Waals surface area contributed by atoms with Crippen molar-refractivity contribution in [3.05, 3.63) is 35.4 Å². The molecule has 0 aromatic heterocycles. The molecule has 0 amide bonds. The Hall–Kier alpha value is -1.56. The van der Waals surface area contributed by atoms with E-state index in [2.05, 4.69) is 0 Å². The van der Waals surface area contributed by atoms with Crippen LogP contribution in [0.4, 0.5) is 13.2 Å². The van der Waals surface area contributed by atoms with Crippen molar-refractivity contribution < 1.29 is 23.1 Å². The third-order valence-electron chi connectivity index (χ3n) is 3.18. The smallest absolute Gasteiger partial charge is 0.416 e. The number of nitrogens with zero attached hydrogens (tertiary/aromatic N) is 1. The third kappa shape index (κ3) is 3.70. The van der Waals surface area contributed by atoms with Crippen molar-refractivity contribution >= 4 is 5.97 Å². The lowest BCUT2D eigenvalue weighted by Gasteiger charge is -2.31. The Morgan fingerprint density at radius 3 is 2.05 bits per heavy atom. The maximum Gasteiger partial charge on any atom is 0.416 e. The molecular weight excluding hydrogens is 259 g/mol. The molecule has 0 aliphatic carbocycles. The molecule has 0 atom stereocenters. The molecule has 0 bridgehead atoms. The molecule has 0 radical (unpaired) electrons. The van der Waals surface area contributed by atoms with Crippen LogP contribution in [-0.4, -0.2) is 28.6 Å². The fourth-order valence-electron chi connectivity index (χ4n) is 1.43. The second-order valence-electron chi connectivity index (χ2n) is 4.91. The van der Waals surface area contributed by atoms with E-state index >= 15 is 0 Å². The molecule has 0 heterocycles. The topological polar surface area (TPSA) is 40.5 Å². The van der Waals surface area contributed by atoms with Gasteiger partial charge in [-0.15, -0.1) is 0 Å². The van der Waals surface area contributed by atoms with Gasteiger partial charge in [-0.1, -0.05) is 12.1 Å². The predicted octanol–water partition coefficient (Wildman–Crippen LogP) is 3.00. The third-order valence-corrected chi connectivity index (χ3v) is 3.18. The Kier molecular flexibility index (Phi) is 4.25. The van der Waals surface area contributed by atoms with Crippen LogP contribution < -0.4 is 0 Å². The summed E-state index contributed by atoms with van der Waals surface area (Å²) >= 11 is 0. The van der Waals surface area contributed by atoms with Crippen molar-refractivity contribution in [2.75, 3.05) is 7.05 Å². The van der Waals surface area contributed by atoms with Gasteiger partial charge in [0.1, 0.15) is 5.54 Å². The van der Waals surface area contributed by atoms with Gasteiger partial charge >= 0.3 is 12.1 Å². The van der Waals surface area contributed by atoms with E-state index in [1.165, 1.54) is 12.1 Å². The molecule has 19 heavy (non-hydrogen) atoms. The van der Waals surface area contributed by atoms with Crippen LogP contribution in [0.2, 0.25) is 0 Å². The first-order chi connectivity index (χ1) is 8.55. The van der Waals surface area contributed by atoms with E-state index in [1.54, 1.807) is 25.8 Å². The summed E-state index contributed by atoms with van der Waals surface area (Å²) < 4.78 is 37.2. The SMILES string of the molecule is CN(Cc1ccc(C(F)(F)F)cc1)C(C)(C)C(=O)O. The van der Waals surface area contributed by atoms with E-state index in [-0.39, 0.29) is 6.54 Å². The van der Waals surface area contributed by atoms with Crippen LogP contribution in [0.15, 0.2) is 24.3 Å². The molecule has 1 aromatic carbocycles. The fourth-order valence-corrected chi connectivity index (χ4v) is 1.43. The number of alkyl halides is 3. The minimum atomic E-state index is -4.36. The zero-order chi connectivity index (χ0) is 14.8. The van der Waals surface area contributed by atoms with E-state index in [0.717, 1.165) is 12.1 Å². The van der Waals surface area contributed by atoms with Crippen molar-refractivity contribution in [2.24, 2.45) is 0 Å². The first kappa shape index (κ1) is 15.5. The Labute approximate surface area is 109 Å². The highest BCUT2D eigenvalue weighted by Crippen LogP contribution is 2.29. The molecular formula is C13H16F3NO2. The monoisotopic (exact) mass is 275 g/mol. The zero-order valence-corrected chi connectivity index (χ0v) is 11.0. The molecule has 0 saturated heterocycles. The molecule has 106 valence electrons. The first-order valence-corrected chi connectivity index (χ1v) is 5.66.